The number of nitrogens with one attached hydrogen (secondary N) is 1. The molecule has 0 aliphatic heterocycles. The van der Waals surface area contributed by atoms with E-state index < -0.39 is 0 Å². The van der Waals surface area contributed by atoms with Gasteiger partial charge in [0.05, 0.1) is 12.7 Å². The lowest BCUT2D eigenvalue weighted by Gasteiger charge is -2.19. The third-order valence-electron chi connectivity index (χ3n) is 1.90. The fourth-order valence-electron chi connectivity index (χ4n) is 1.17. The van der Waals surface area contributed by atoms with Crippen LogP contribution in [-0.2, 0) is 11.4 Å². The van der Waals surface area contributed by atoms with E-state index in [0.29, 0.717) is 12.3 Å². The molecule has 90 valence electrons. The number of hydroxylamine groups is 1. The predicted octanol–water partition coefficient (Wildman–Crippen LogP) is 2.22. The van der Waals surface area contributed by atoms with Crippen LogP contribution in [0.1, 0.15) is 26.3 Å². The zero-order valence-electron chi connectivity index (χ0n) is 10.2. The smallest absolute Gasteiger partial charge is 0.160 e. The number of ether oxygens (including phenoxy) is 1. The van der Waals surface area contributed by atoms with Gasteiger partial charge in [-0.05, 0) is 38.5 Å². The lowest BCUT2D eigenvalue weighted by molar-refractivity contribution is -0.0757. The zero-order valence-corrected chi connectivity index (χ0v) is 10.2. The van der Waals surface area contributed by atoms with Crippen molar-refractivity contribution < 1.29 is 14.7 Å². The van der Waals surface area contributed by atoms with Gasteiger partial charge in [0.15, 0.2) is 11.5 Å². The van der Waals surface area contributed by atoms with Crippen molar-refractivity contribution in [3.63, 3.8) is 0 Å². The number of rotatable bonds is 4. The number of aromatic hydroxyl groups is 1. The summed E-state index contributed by atoms with van der Waals surface area (Å²) >= 11 is 0. The molecule has 1 aromatic carbocycles. The predicted molar refractivity (Wildman–Crippen MR) is 62.3 cm³/mol. The number of hydrogen-bond acceptors (Lipinski definition) is 4. The van der Waals surface area contributed by atoms with E-state index in [1.54, 1.807) is 12.1 Å². The zero-order chi connectivity index (χ0) is 12.2. The molecule has 2 N–H and O–H groups in total. The molecule has 0 saturated heterocycles. The number of methoxy groups -OCH3 is 1. The van der Waals surface area contributed by atoms with Crippen LogP contribution in [-0.4, -0.2) is 17.8 Å². The summed E-state index contributed by atoms with van der Waals surface area (Å²) in [5, 5.41) is 9.41. The molecule has 4 heteroatoms. The summed E-state index contributed by atoms with van der Waals surface area (Å²) in [6.45, 7) is 6.47. The third kappa shape index (κ3) is 4.08. The highest BCUT2D eigenvalue weighted by atomic mass is 16.7. The van der Waals surface area contributed by atoms with Crippen LogP contribution in [0.15, 0.2) is 18.2 Å². The molecule has 4 nitrogen and oxygen atoms in total. The van der Waals surface area contributed by atoms with Crippen LogP contribution in [0.2, 0.25) is 0 Å². The van der Waals surface area contributed by atoms with Gasteiger partial charge in [-0.2, -0.15) is 5.48 Å². The summed E-state index contributed by atoms with van der Waals surface area (Å²) < 4.78 is 5.01. The Balaban J connectivity index is 2.55. The fraction of sp³-hybridized carbons (Fsp3) is 0.500. The normalized spacial score (nSPS) is 11.5. The minimum absolute atomic E-state index is 0.142. The summed E-state index contributed by atoms with van der Waals surface area (Å²) in [7, 11) is 1.53. The van der Waals surface area contributed by atoms with Crippen molar-refractivity contribution in [1.82, 2.24) is 5.48 Å². The van der Waals surface area contributed by atoms with Crippen LogP contribution in [0, 0.1) is 0 Å². The minimum Gasteiger partial charge on any atom is -0.504 e. The Morgan fingerprint density at radius 1 is 1.31 bits per heavy atom. The third-order valence-corrected chi connectivity index (χ3v) is 1.90. The van der Waals surface area contributed by atoms with Crippen LogP contribution < -0.4 is 10.2 Å². The summed E-state index contributed by atoms with van der Waals surface area (Å²) in [5.41, 5.74) is 3.64. The first-order valence-corrected chi connectivity index (χ1v) is 5.19. The molecule has 0 aliphatic carbocycles. The Kier molecular flexibility index (Phi) is 4.15. The van der Waals surface area contributed by atoms with Gasteiger partial charge in [-0.15, -0.1) is 0 Å². The van der Waals surface area contributed by atoms with Crippen LogP contribution in [0.4, 0.5) is 0 Å². The molecule has 0 spiro atoms. The van der Waals surface area contributed by atoms with E-state index in [9.17, 15) is 5.11 Å². The lowest BCUT2D eigenvalue weighted by Crippen LogP contribution is -2.28. The van der Waals surface area contributed by atoms with Crippen molar-refractivity contribution in [1.29, 1.82) is 0 Å². The lowest BCUT2D eigenvalue weighted by atomic mass is 10.2. The van der Waals surface area contributed by atoms with Gasteiger partial charge in [0.25, 0.3) is 0 Å². The molecule has 0 aromatic heterocycles. The molecule has 0 saturated carbocycles. The monoisotopic (exact) mass is 225 g/mol. The van der Waals surface area contributed by atoms with E-state index in [2.05, 4.69) is 5.48 Å². The van der Waals surface area contributed by atoms with Gasteiger partial charge in [0.2, 0.25) is 0 Å². The van der Waals surface area contributed by atoms with Gasteiger partial charge in [-0.25, -0.2) is 0 Å². The Labute approximate surface area is 96.1 Å². The van der Waals surface area contributed by atoms with Crippen molar-refractivity contribution in [2.24, 2.45) is 0 Å². The van der Waals surface area contributed by atoms with Gasteiger partial charge in [-0.1, -0.05) is 6.07 Å². The first kappa shape index (κ1) is 12.8. The van der Waals surface area contributed by atoms with E-state index in [0.717, 1.165) is 5.56 Å². The topological polar surface area (TPSA) is 50.7 Å². The van der Waals surface area contributed by atoms with Crippen molar-refractivity contribution in [3.8, 4) is 11.5 Å². The van der Waals surface area contributed by atoms with Gasteiger partial charge in [-0.3, -0.25) is 4.84 Å². The molecule has 0 atom stereocenters. The highest BCUT2D eigenvalue weighted by Gasteiger charge is 2.10. The Morgan fingerprint density at radius 3 is 2.56 bits per heavy atom. The second-order valence-corrected chi connectivity index (χ2v) is 4.54. The molecule has 16 heavy (non-hydrogen) atoms. The van der Waals surface area contributed by atoms with Crippen molar-refractivity contribution >= 4 is 0 Å². The quantitative estimate of drug-likeness (QED) is 0.771. The average molecular weight is 225 g/mol. The van der Waals surface area contributed by atoms with E-state index in [4.69, 9.17) is 9.57 Å². The highest BCUT2D eigenvalue weighted by molar-refractivity contribution is 5.41. The van der Waals surface area contributed by atoms with Crippen molar-refractivity contribution in [2.75, 3.05) is 7.11 Å². The standard InChI is InChI=1S/C12H19NO3/c1-12(2,3)16-13-8-9-5-6-10(14)11(7-9)15-4/h5-7,13-14H,8H2,1-4H3. The van der Waals surface area contributed by atoms with Gasteiger partial charge in [0.1, 0.15) is 0 Å². The van der Waals surface area contributed by atoms with E-state index in [-0.39, 0.29) is 11.4 Å². The first-order valence-electron chi connectivity index (χ1n) is 5.19. The molecule has 0 amide bonds. The molecule has 1 aromatic rings. The molecule has 0 heterocycles. The van der Waals surface area contributed by atoms with Crippen molar-refractivity contribution in [2.45, 2.75) is 32.9 Å². The number of hydrogen-bond donors (Lipinski definition) is 2. The van der Waals surface area contributed by atoms with Crippen LogP contribution in [0.5, 0.6) is 11.5 Å². The van der Waals surface area contributed by atoms with E-state index >= 15 is 0 Å². The highest BCUT2D eigenvalue weighted by Crippen LogP contribution is 2.26. The van der Waals surface area contributed by atoms with E-state index in [1.165, 1.54) is 7.11 Å². The maximum Gasteiger partial charge on any atom is 0.160 e. The van der Waals surface area contributed by atoms with Gasteiger partial charge >= 0.3 is 0 Å². The molecule has 0 radical (unpaired) electrons. The molecular formula is C12H19NO3. The second-order valence-electron chi connectivity index (χ2n) is 4.54. The minimum atomic E-state index is -0.221. The SMILES string of the molecule is COc1cc(CNOC(C)(C)C)ccc1O. The van der Waals surface area contributed by atoms with E-state index in [1.807, 2.05) is 26.8 Å². The number of phenols is 1. The maximum atomic E-state index is 9.41. The summed E-state index contributed by atoms with van der Waals surface area (Å²) in [4.78, 5) is 5.38. The summed E-state index contributed by atoms with van der Waals surface area (Å²) in [6, 6.07) is 5.19. The summed E-state index contributed by atoms with van der Waals surface area (Å²) in [6.07, 6.45) is 0. The summed E-state index contributed by atoms with van der Waals surface area (Å²) in [5.74, 6) is 0.609. The molecule has 0 fully saturated rings. The average Bonchev–Trinajstić information content (AvgIpc) is 2.18. The Bertz CT molecular complexity index is 345. The molecule has 0 unspecified atom stereocenters. The fourth-order valence-corrected chi connectivity index (χ4v) is 1.17. The molecular weight excluding hydrogens is 206 g/mol. The van der Waals surface area contributed by atoms with Crippen molar-refractivity contribution in [3.05, 3.63) is 23.8 Å². The Morgan fingerprint density at radius 2 is 2.00 bits per heavy atom. The van der Waals surface area contributed by atoms with Crippen LogP contribution in [0.3, 0.4) is 0 Å². The van der Waals surface area contributed by atoms with Gasteiger partial charge < -0.3 is 9.84 Å². The maximum absolute atomic E-state index is 9.41. The number of phenolic OH excluding ortho intramolecular Hbond substituents is 1. The molecule has 1 rings (SSSR count). The molecule has 0 bridgehead atoms. The first-order chi connectivity index (χ1) is 7.42. The largest absolute Gasteiger partial charge is 0.504 e. The van der Waals surface area contributed by atoms with Crippen LogP contribution >= 0.6 is 0 Å². The molecule has 0 aliphatic rings. The Hall–Kier alpha value is -1.26. The van der Waals surface area contributed by atoms with Gasteiger partial charge in [0, 0.05) is 6.54 Å². The second kappa shape index (κ2) is 5.18. The number of benzene rings is 1. The van der Waals surface area contributed by atoms with Crippen LogP contribution in [0.25, 0.3) is 0 Å².